The van der Waals surface area contributed by atoms with Crippen molar-refractivity contribution >= 4 is 34.5 Å². The van der Waals surface area contributed by atoms with Gasteiger partial charge in [0.15, 0.2) is 11.6 Å². The lowest BCUT2D eigenvalue weighted by Crippen LogP contribution is -2.12. The second-order valence-electron chi connectivity index (χ2n) is 5.67. The minimum atomic E-state index is -0.432. The van der Waals surface area contributed by atoms with Gasteiger partial charge in [-0.2, -0.15) is 5.10 Å². The van der Waals surface area contributed by atoms with E-state index < -0.39 is 11.6 Å². The monoisotopic (exact) mass is 370 g/mol. The van der Waals surface area contributed by atoms with Gasteiger partial charge in [-0.1, -0.05) is 11.6 Å². The van der Waals surface area contributed by atoms with Crippen molar-refractivity contribution < 1.29 is 9.18 Å². The Hall–Kier alpha value is -3.26. The Morgan fingerprint density at radius 1 is 1.27 bits per heavy atom. The molecule has 0 spiro atoms. The Balaban J connectivity index is 1.80. The number of nitrogens with one attached hydrogen (secondary N) is 2. The van der Waals surface area contributed by atoms with Crippen molar-refractivity contribution in [2.45, 2.75) is 6.92 Å². The van der Waals surface area contributed by atoms with Crippen LogP contribution in [0.25, 0.3) is 5.52 Å². The predicted molar refractivity (Wildman–Crippen MR) is 94.4 cm³/mol. The molecule has 3 aromatic heterocycles. The standard InChI is InChI=1S/C17H12ClFN6O/c1-9-6-14(23-22-9)20-16-13-7-11(18)8-25(13)24-17(21-16)15(26)10-2-4-12(19)5-3-10/h2-8H,1H3,(H2,20,21,22,23,24). The first-order valence-electron chi connectivity index (χ1n) is 7.65. The molecule has 0 radical (unpaired) electrons. The zero-order valence-electron chi connectivity index (χ0n) is 13.5. The maximum Gasteiger partial charge on any atom is 0.232 e. The number of carbonyl (C=O) groups is 1. The molecule has 3 heterocycles. The van der Waals surface area contributed by atoms with Gasteiger partial charge in [-0.05, 0) is 37.3 Å². The number of fused-ring (bicyclic) bond motifs is 1. The second kappa shape index (κ2) is 6.23. The first-order valence-corrected chi connectivity index (χ1v) is 8.02. The average molecular weight is 371 g/mol. The zero-order valence-corrected chi connectivity index (χ0v) is 14.3. The highest BCUT2D eigenvalue weighted by atomic mass is 35.5. The fourth-order valence-electron chi connectivity index (χ4n) is 2.49. The first kappa shape index (κ1) is 16.2. The van der Waals surface area contributed by atoms with E-state index in [4.69, 9.17) is 11.6 Å². The maximum atomic E-state index is 13.1. The number of hydrogen-bond acceptors (Lipinski definition) is 5. The summed E-state index contributed by atoms with van der Waals surface area (Å²) in [5.41, 5.74) is 1.74. The molecule has 0 amide bonds. The number of rotatable bonds is 4. The van der Waals surface area contributed by atoms with Crippen LogP contribution in [0.1, 0.15) is 21.9 Å². The topological polar surface area (TPSA) is 88.0 Å². The molecule has 0 saturated heterocycles. The van der Waals surface area contributed by atoms with Crippen LogP contribution in [0, 0.1) is 12.7 Å². The van der Waals surface area contributed by atoms with Crippen molar-refractivity contribution in [1.29, 1.82) is 0 Å². The van der Waals surface area contributed by atoms with E-state index in [9.17, 15) is 9.18 Å². The largest absolute Gasteiger partial charge is 0.322 e. The summed E-state index contributed by atoms with van der Waals surface area (Å²) in [6.07, 6.45) is 1.57. The third kappa shape index (κ3) is 3.02. The number of carbonyl (C=O) groups excluding carboxylic acids is 1. The normalized spacial score (nSPS) is 11.0. The van der Waals surface area contributed by atoms with Crippen LogP contribution in [-0.4, -0.2) is 30.6 Å². The van der Waals surface area contributed by atoms with Crippen molar-refractivity contribution in [3.05, 3.63) is 70.5 Å². The molecular formula is C17H12ClFN6O. The molecule has 4 aromatic rings. The van der Waals surface area contributed by atoms with Crippen LogP contribution < -0.4 is 5.32 Å². The van der Waals surface area contributed by atoms with Gasteiger partial charge in [-0.15, -0.1) is 5.10 Å². The summed E-state index contributed by atoms with van der Waals surface area (Å²) in [6.45, 7) is 1.87. The van der Waals surface area contributed by atoms with E-state index in [0.717, 1.165) is 5.69 Å². The highest BCUT2D eigenvalue weighted by Crippen LogP contribution is 2.23. The van der Waals surface area contributed by atoms with Gasteiger partial charge in [0.2, 0.25) is 11.6 Å². The average Bonchev–Trinajstić information content (AvgIpc) is 3.19. The minimum absolute atomic E-state index is 0.0499. The van der Waals surface area contributed by atoms with E-state index in [2.05, 4.69) is 25.6 Å². The molecule has 1 aromatic carbocycles. The molecule has 0 aliphatic carbocycles. The van der Waals surface area contributed by atoms with Gasteiger partial charge in [-0.25, -0.2) is 13.9 Å². The number of hydrogen-bond donors (Lipinski definition) is 2. The number of aryl methyl sites for hydroxylation is 1. The van der Waals surface area contributed by atoms with Gasteiger partial charge in [0.05, 0.1) is 5.02 Å². The summed E-state index contributed by atoms with van der Waals surface area (Å²) in [6, 6.07) is 8.67. The lowest BCUT2D eigenvalue weighted by molar-refractivity contribution is 0.102. The summed E-state index contributed by atoms with van der Waals surface area (Å²) in [5, 5.41) is 14.6. The van der Waals surface area contributed by atoms with Crippen molar-refractivity contribution in [1.82, 2.24) is 24.8 Å². The molecule has 0 bridgehead atoms. The first-order chi connectivity index (χ1) is 12.5. The summed E-state index contributed by atoms with van der Waals surface area (Å²) < 4.78 is 14.6. The molecule has 9 heteroatoms. The van der Waals surface area contributed by atoms with E-state index in [0.29, 0.717) is 22.2 Å². The third-order valence-electron chi connectivity index (χ3n) is 3.69. The van der Waals surface area contributed by atoms with E-state index in [1.807, 2.05) is 6.92 Å². The van der Waals surface area contributed by atoms with Gasteiger partial charge in [0.25, 0.3) is 0 Å². The van der Waals surface area contributed by atoms with Gasteiger partial charge < -0.3 is 5.32 Å². The van der Waals surface area contributed by atoms with Crippen LogP contribution in [0.15, 0.2) is 42.6 Å². The smallest absolute Gasteiger partial charge is 0.232 e. The summed E-state index contributed by atoms with van der Waals surface area (Å²) >= 11 is 6.06. The third-order valence-corrected chi connectivity index (χ3v) is 3.90. The molecule has 0 unspecified atom stereocenters. The second-order valence-corrected chi connectivity index (χ2v) is 6.11. The van der Waals surface area contributed by atoms with Crippen molar-refractivity contribution in [2.24, 2.45) is 0 Å². The van der Waals surface area contributed by atoms with Gasteiger partial charge >= 0.3 is 0 Å². The number of nitrogens with zero attached hydrogens (tertiary/aromatic N) is 4. The van der Waals surface area contributed by atoms with Crippen molar-refractivity contribution in [2.75, 3.05) is 5.32 Å². The quantitative estimate of drug-likeness (QED) is 0.536. The minimum Gasteiger partial charge on any atom is -0.322 e. The summed E-state index contributed by atoms with van der Waals surface area (Å²) in [5.74, 6) is 0.0138. The molecule has 0 aliphatic heterocycles. The fraction of sp³-hybridized carbons (Fsp3) is 0.0588. The van der Waals surface area contributed by atoms with Crippen LogP contribution in [0.3, 0.4) is 0 Å². The Morgan fingerprint density at radius 2 is 2.04 bits per heavy atom. The number of aromatic amines is 1. The molecule has 130 valence electrons. The lowest BCUT2D eigenvalue weighted by atomic mass is 10.1. The Labute approximate surface area is 151 Å². The van der Waals surface area contributed by atoms with Crippen LogP contribution in [0.2, 0.25) is 5.02 Å². The van der Waals surface area contributed by atoms with Gasteiger partial charge in [0, 0.05) is 23.5 Å². The predicted octanol–water partition coefficient (Wildman–Crippen LogP) is 3.53. The van der Waals surface area contributed by atoms with Gasteiger partial charge in [0.1, 0.15) is 11.3 Å². The SMILES string of the molecule is Cc1cc(Nc2nc(C(=O)c3ccc(F)cc3)nn3cc(Cl)cc23)n[nH]1. The van der Waals surface area contributed by atoms with Crippen LogP contribution in [-0.2, 0) is 0 Å². The molecule has 2 N–H and O–H groups in total. The molecule has 0 saturated carbocycles. The molecular weight excluding hydrogens is 359 g/mol. The number of benzene rings is 1. The number of H-pyrrole nitrogens is 1. The Morgan fingerprint density at radius 3 is 2.73 bits per heavy atom. The summed E-state index contributed by atoms with van der Waals surface area (Å²) in [4.78, 5) is 17.0. The molecule has 0 aliphatic rings. The highest BCUT2D eigenvalue weighted by molar-refractivity contribution is 6.31. The number of aromatic nitrogens is 5. The molecule has 4 rings (SSSR count). The number of anilines is 2. The highest BCUT2D eigenvalue weighted by Gasteiger charge is 2.18. The zero-order chi connectivity index (χ0) is 18.3. The summed E-state index contributed by atoms with van der Waals surface area (Å²) in [7, 11) is 0. The molecule has 0 fully saturated rings. The van der Waals surface area contributed by atoms with Crippen LogP contribution >= 0.6 is 11.6 Å². The van der Waals surface area contributed by atoms with E-state index >= 15 is 0 Å². The number of halogens is 2. The maximum absolute atomic E-state index is 13.1. The molecule has 7 nitrogen and oxygen atoms in total. The van der Waals surface area contributed by atoms with E-state index in [1.165, 1.54) is 28.8 Å². The Bertz CT molecular complexity index is 1120. The van der Waals surface area contributed by atoms with E-state index in [-0.39, 0.29) is 11.4 Å². The molecule has 0 atom stereocenters. The van der Waals surface area contributed by atoms with E-state index in [1.54, 1.807) is 18.3 Å². The van der Waals surface area contributed by atoms with Crippen molar-refractivity contribution in [3.63, 3.8) is 0 Å². The Kier molecular flexibility index (Phi) is 3.89. The number of ketones is 1. The van der Waals surface area contributed by atoms with Crippen LogP contribution in [0.4, 0.5) is 16.0 Å². The fourth-order valence-corrected chi connectivity index (χ4v) is 2.69. The lowest BCUT2D eigenvalue weighted by Gasteiger charge is -2.07. The van der Waals surface area contributed by atoms with Crippen LogP contribution in [0.5, 0.6) is 0 Å². The van der Waals surface area contributed by atoms with Gasteiger partial charge in [-0.3, -0.25) is 9.89 Å². The van der Waals surface area contributed by atoms with Crippen molar-refractivity contribution in [3.8, 4) is 0 Å². The molecule has 26 heavy (non-hydrogen) atoms.